The van der Waals surface area contributed by atoms with Crippen molar-refractivity contribution in [3.05, 3.63) is 66.0 Å². The Morgan fingerprint density at radius 2 is 2.00 bits per heavy atom. The van der Waals surface area contributed by atoms with E-state index in [1.807, 2.05) is 18.2 Å². The molecule has 32 heavy (non-hydrogen) atoms. The number of rotatable bonds is 11. The van der Waals surface area contributed by atoms with E-state index in [4.69, 9.17) is 14.2 Å². The van der Waals surface area contributed by atoms with Crippen LogP contribution >= 0.6 is 0 Å². The molecule has 1 heterocycles. The maximum absolute atomic E-state index is 13.0. The van der Waals surface area contributed by atoms with Gasteiger partial charge in [-0.2, -0.15) is 0 Å². The Balaban J connectivity index is 1.50. The van der Waals surface area contributed by atoms with Gasteiger partial charge in [0.15, 0.2) is 0 Å². The van der Waals surface area contributed by atoms with Crippen LogP contribution < -0.4 is 4.74 Å². The average molecular weight is 447 g/mol. The van der Waals surface area contributed by atoms with Crippen LogP contribution in [0.2, 0.25) is 0 Å². The van der Waals surface area contributed by atoms with Gasteiger partial charge in [-0.15, -0.1) is 0 Å². The monoisotopic (exact) mass is 446 g/mol. The first-order valence-corrected chi connectivity index (χ1v) is 10.8. The molecule has 1 saturated heterocycles. The van der Waals surface area contributed by atoms with E-state index in [0.29, 0.717) is 57.3 Å². The summed E-state index contributed by atoms with van der Waals surface area (Å²) in [4.78, 5) is 16.8. The number of hydrogen-bond donors (Lipinski definition) is 1. The molecule has 0 bridgehead atoms. The molecule has 1 aliphatic heterocycles. The molecule has 0 aliphatic carbocycles. The number of carbonyl (C=O) groups excluding carboxylic acids is 1. The molecule has 0 spiro atoms. The number of nitrogens with zero attached hydrogens (tertiary/aromatic N) is 2. The quantitative estimate of drug-likeness (QED) is 0.570. The van der Waals surface area contributed by atoms with Crippen LogP contribution in [0, 0.1) is 5.82 Å². The largest absolute Gasteiger partial charge is 0.491 e. The van der Waals surface area contributed by atoms with E-state index in [0.717, 1.165) is 0 Å². The Kier molecular flexibility index (Phi) is 9.43. The van der Waals surface area contributed by atoms with Crippen molar-refractivity contribution < 1.29 is 28.5 Å². The lowest BCUT2D eigenvalue weighted by Gasteiger charge is -2.36. The van der Waals surface area contributed by atoms with Gasteiger partial charge in [0, 0.05) is 45.4 Å². The van der Waals surface area contributed by atoms with Crippen LogP contribution in [0.15, 0.2) is 54.6 Å². The van der Waals surface area contributed by atoms with Crippen molar-refractivity contribution in [2.24, 2.45) is 0 Å². The fourth-order valence-corrected chi connectivity index (χ4v) is 3.62. The normalized spacial score (nSPS) is 17.7. The number of aliphatic hydroxyl groups excluding tert-OH is 1. The summed E-state index contributed by atoms with van der Waals surface area (Å²) in [6.45, 7) is 3.69. The summed E-state index contributed by atoms with van der Waals surface area (Å²) in [5.41, 5.74) is 0.629. The van der Waals surface area contributed by atoms with E-state index in [9.17, 15) is 14.3 Å². The van der Waals surface area contributed by atoms with Crippen LogP contribution in [0.4, 0.5) is 4.39 Å². The van der Waals surface area contributed by atoms with Crippen molar-refractivity contribution in [2.45, 2.75) is 12.2 Å². The zero-order chi connectivity index (χ0) is 22.8. The third-order valence-electron chi connectivity index (χ3n) is 5.25. The second-order valence-electron chi connectivity index (χ2n) is 7.78. The second kappa shape index (κ2) is 12.5. The second-order valence-corrected chi connectivity index (χ2v) is 7.78. The number of carbonyl (C=O) groups is 1. The molecule has 0 unspecified atom stereocenters. The highest BCUT2D eigenvalue weighted by atomic mass is 19.1. The molecule has 1 aliphatic rings. The maximum Gasteiger partial charge on any atom is 0.254 e. The third-order valence-corrected chi connectivity index (χ3v) is 5.25. The lowest BCUT2D eigenvalue weighted by molar-refractivity contribution is -0.0546. The first-order valence-electron chi connectivity index (χ1n) is 10.8. The summed E-state index contributed by atoms with van der Waals surface area (Å²) in [7, 11) is 1.61. The van der Waals surface area contributed by atoms with Gasteiger partial charge >= 0.3 is 0 Å². The summed E-state index contributed by atoms with van der Waals surface area (Å²) in [6.07, 6.45) is -0.868. The molecule has 7 nitrogen and oxygen atoms in total. The number of aliphatic hydroxyl groups is 1. The SMILES string of the molecule is COCCN(C[C@H]1CN(C[C@H](O)COc2ccc(F)cc2)CCO1)C(=O)c1ccccc1. The number of methoxy groups -OCH3 is 1. The fraction of sp³-hybridized carbons (Fsp3) is 0.458. The summed E-state index contributed by atoms with van der Waals surface area (Å²) in [5, 5.41) is 10.4. The fourth-order valence-electron chi connectivity index (χ4n) is 3.62. The predicted molar refractivity (Wildman–Crippen MR) is 118 cm³/mol. The minimum absolute atomic E-state index is 0.0592. The zero-order valence-corrected chi connectivity index (χ0v) is 18.4. The lowest BCUT2D eigenvalue weighted by atomic mass is 10.1. The van der Waals surface area contributed by atoms with Crippen molar-refractivity contribution in [1.29, 1.82) is 0 Å². The maximum atomic E-state index is 13.0. The minimum atomic E-state index is -0.700. The number of β-amino-alcohol motifs (C(OH)–C–C–N with tert-alkyl or cyclic N) is 1. The molecular weight excluding hydrogens is 415 g/mol. The van der Waals surface area contributed by atoms with Gasteiger partial charge in [-0.05, 0) is 36.4 Å². The summed E-state index contributed by atoms with van der Waals surface area (Å²) < 4.78 is 29.6. The zero-order valence-electron chi connectivity index (χ0n) is 18.4. The van der Waals surface area contributed by atoms with E-state index in [1.54, 1.807) is 24.1 Å². The molecule has 2 aromatic carbocycles. The van der Waals surface area contributed by atoms with E-state index in [2.05, 4.69) is 4.90 Å². The van der Waals surface area contributed by atoms with Gasteiger partial charge in [-0.3, -0.25) is 9.69 Å². The molecule has 3 rings (SSSR count). The highest BCUT2D eigenvalue weighted by Gasteiger charge is 2.26. The van der Waals surface area contributed by atoms with Crippen molar-refractivity contribution in [2.75, 3.05) is 59.7 Å². The van der Waals surface area contributed by atoms with Gasteiger partial charge in [0.1, 0.15) is 24.3 Å². The molecule has 1 amide bonds. The van der Waals surface area contributed by atoms with Gasteiger partial charge in [-0.25, -0.2) is 4.39 Å². The Morgan fingerprint density at radius 3 is 2.72 bits per heavy atom. The van der Waals surface area contributed by atoms with Crippen molar-refractivity contribution in [3.8, 4) is 5.75 Å². The number of morpholine rings is 1. The van der Waals surface area contributed by atoms with Crippen molar-refractivity contribution in [3.63, 3.8) is 0 Å². The number of hydrogen-bond acceptors (Lipinski definition) is 6. The van der Waals surface area contributed by atoms with E-state index >= 15 is 0 Å². The first kappa shape index (κ1) is 24.1. The molecule has 1 fully saturated rings. The van der Waals surface area contributed by atoms with Gasteiger partial charge in [0.25, 0.3) is 5.91 Å². The molecule has 8 heteroatoms. The average Bonchev–Trinajstić information content (AvgIpc) is 2.82. The van der Waals surface area contributed by atoms with Crippen LogP contribution in [-0.4, -0.2) is 92.7 Å². The Bertz CT molecular complexity index is 821. The molecule has 2 atom stereocenters. The molecule has 0 saturated carbocycles. The molecule has 0 radical (unpaired) electrons. The first-order chi connectivity index (χ1) is 15.5. The Morgan fingerprint density at radius 1 is 1.25 bits per heavy atom. The predicted octanol–water partition coefficient (Wildman–Crippen LogP) is 2.05. The molecule has 174 valence electrons. The summed E-state index contributed by atoms with van der Waals surface area (Å²) in [6, 6.07) is 14.9. The Hall–Kier alpha value is -2.52. The standard InChI is InChI=1S/C24H31FN2O5/c1-30-13-12-27(24(29)19-5-3-2-4-6-19)17-23-16-26(11-14-31-23)15-21(28)18-32-22-9-7-20(25)8-10-22/h2-10,21,23,28H,11-18H2,1H3/t21-,23+/m0/s1. The highest BCUT2D eigenvalue weighted by molar-refractivity contribution is 5.94. The number of amides is 1. The number of ether oxygens (including phenoxy) is 3. The number of halogens is 1. The van der Waals surface area contributed by atoms with Gasteiger partial charge in [0.2, 0.25) is 0 Å². The van der Waals surface area contributed by atoms with E-state index in [1.165, 1.54) is 24.3 Å². The van der Waals surface area contributed by atoms with Crippen LogP contribution in [0.25, 0.3) is 0 Å². The smallest absolute Gasteiger partial charge is 0.254 e. The van der Waals surface area contributed by atoms with Crippen LogP contribution in [-0.2, 0) is 9.47 Å². The van der Waals surface area contributed by atoms with Crippen molar-refractivity contribution in [1.82, 2.24) is 9.80 Å². The lowest BCUT2D eigenvalue weighted by Crippen LogP contribution is -2.51. The van der Waals surface area contributed by atoms with Crippen molar-refractivity contribution >= 4 is 5.91 Å². The topological polar surface area (TPSA) is 71.5 Å². The molecule has 0 aromatic heterocycles. The number of benzene rings is 2. The highest BCUT2D eigenvalue weighted by Crippen LogP contribution is 2.13. The van der Waals surface area contributed by atoms with Crippen LogP contribution in [0.3, 0.4) is 0 Å². The van der Waals surface area contributed by atoms with Crippen LogP contribution in [0.5, 0.6) is 5.75 Å². The van der Waals surface area contributed by atoms with Gasteiger partial charge < -0.3 is 24.2 Å². The van der Waals surface area contributed by atoms with Gasteiger partial charge in [-0.1, -0.05) is 18.2 Å². The van der Waals surface area contributed by atoms with E-state index < -0.39 is 6.10 Å². The summed E-state index contributed by atoms with van der Waals surface area (Å²) >= 11 is 0. The molecular formula is C24H31FN2O5. The van der Waals surface area contributed by atoms with E-state index in [-0.39, 0.29) is 24.4 Å². The van der Waals surface area contributed by atoms with Crippen LogP contribution in [0.1, 0.15) is 10.4 Å². The molecule has 2 aromatic rings. The Labute approximate surface area is 188 Å². The summed E-state index contributed by atoms with van der Waals surface area (Å²) in [5.74, 6) is 0.122. The minimum Gasteiger partial charge on any atom is -0.491 e. The molecule has 1 N–H and O–H groups in total. The van der Waals surface area contributed by atoms with Gasteiger partial charge in [0.05, 0.1) is 19.3 Å². The third kappa shape index (κ3) is 7.56.